The Balaban J connectivity index is 1.63. The van der Waals surface area contributed by atoms with Crippen molar-refractivity contribution in [1.29, 1.82) is 0 Å². The Labute approximate surface area is 132 Å². The van der Waals surface area contributed by atoms with Crippen LogP contribution in [0.15, 0.2) is 24.3 Å². The first kappa shape index (κ1) is 15.9. The highest BCUT2D eigenvalue weighted by molar-refractivity contribution is 7.88. The number of aryl methyl sites for hydroxylation is 1. The highest BCUT2D eigenvalue weighted by Gasteiger charge is 2.41. The summed E-state index contributed by atoms with van der Waals surface area (Å²) >= 11 is 0. The first-order chi connectivity index (χ1) is 10.5. The minimum atomic E-state index is -3.34. The largest absolute Gasteiger partial charge is 0.378 e. The zero-order valence-corrected chi connectivity index (χ0v) is 13.7. The third kappa shape index (κ3) is 3.87. The van der Waals surface area contributed by atoms with Gasteiger partial charge in [-0.3, -0.25) is 0 Å². The van der Waals surface area contributed by atoms with E-state index >= 15 is 0 Å². The quantitative estimate of drug-likeness (QED) is 0.916. The van der Waals surface area contributed by atoms with Crippen LogP contribution in [0.3, 0.4) is 0 Å². The van der Waals surface area contributed by atoms with E-state index in [1.807, 2.05) is 31.2 Å². The van der Waals surface area contributed by atoms with E-state index < -0.39 is 10.0 Å². The van der Waals surface area contributed by atoms with Gasteiger partial charge in [0.2, 0.25) is 10.0 Å². The molecule has 1 aromatic carbocycles. The molecule has 0 radical (unpaired) electrons. The second-order valence-corrected chi connectivity index (χ2v) is 8.14. The smallest absolute Gasteiger partial charge is 0.216 e. The normalized spacial score (nSPS) is 29.0. The summed E-state index contributed by atoms with van der Waals surface area (Å²) in [5.74, 6) is 0.0234. The lowest BCUT2D eigenvalue weighted by atomic mass is 9.90. The van der Waals surface area contributed by atoms with Gasteiger partial charge in [-0.1, -0.05) is 29.8 Å². The molecule has 5 nitrogen and oxygen atoms in total. The van der Waals surface area contributed by atoms with Crippen LogP contribution in [0.4, 0.5) is 0 Å². The molecule has 0 bridgehead atoms. The Kier molecular flexibility index (Phi) is 4.54. The van der Waals surface area contributed by atoms with E-state index in [9.17, 15) is 8.42 Å². The highest BCUT2D eigenvalue weighted by Crippen LogP contribution is 2.33. The zero-order chi connectivity index (χ0) is 15.6. The first-order valence-corrected chi connectivity index (χ1v) is 9.39. The monoisotopic (exact) mass is 325 g/mol. The molecule has 0 aliphatic carbocycles. The third-order valence-electron chi connectivity index (χ3n) is 4.35. The standard InChI is InChI=1S/C16H23NO4S/c1-13-3-2-4-14(9-13)11-22(18,19)17-15-5-7-21-16(10-15)6-8-20-12-16/h2-4,9,15,17H,5-8,10-12H2,1H3/t15-,16-/m1/s1. The van der Waals surface area contributed by atoms with Gasteiger partial charge in [0.1, 0.15) is 0 Å². The van der Waals surface area contributed by atoms with Gasteiger partial charge in [0.05, 0.1) is 18.0 Å². The molecule has 1 spiro atoms. The van der Waals surface area contributed by atoms with Gasteiger partial charge in [0, 0.05) is 25.7 Å². The van der Waals surface area contributed by atoms with Crippen LogP contribution in [0.25, 0.3) is 0 Å². The van der Waals surface area contributed by atoms with Crippen molar-refractivity contribution in [2.24, 2.45) is 0 Å². The second-order valence-electron chi connectivity index (χ2n) is 6.39. The van der Waals surface area contributed by atoms with E-state index in [0.717, 1.165) is 24.0 Å². The van der Waals surface area contributed by atoms with Gasteiger partial charge in [-0.25, -0.2) is 13.1 Å². The maximum atomic E-state index is 12.4. The lowest BCUT2D eigenvalue weighted by molar-refractivity contribution is -0.0868. The molecule has 2 heterocycles. The van der Waals surface area contributed by atoms with E-state index in [4.69, 9.17) is 9.47 Å². The molecule has 2 saturated heterocycles. The Hall–Kier alpha value is -0.950. The van der Waals surface area contributed by atoms with Gasteiger partial charge in [-0.15, -0.1) is 0 Å². The topological polar surface area (TPSA) is 64.6 Å². The van der Waals surface area contributed by atoms with Crippen LogP contribution in [0.1, 0.15) is 30.4 Å². The Bertz CT molecular complexity index is 623. The molecule has 122 valence electrons. The lowest BCUT2D eigenvalue weighted by Gasteiger charge is -2.37. The molecule has 2 aliphatic rings. The van der Waals surface area contributed by atoms with E-state index in [2.05, 4.69) is 4.72 Å². The van der Waals surface area contributed by atoms with Crippen LogP contribution in [0.2, 0.25) is 0 Å². The zero-order valence-electron chi connectivity index (χ0n) is 12.9. The summed E-state index contributed by atoms with van der Waals surface area (Å²) in [7, 11) is -3.34. The minimum absolute atomic E-state index is 0.0234. The Morgan fingerprint density at radius 3 is 2.95 bits per heavy atom. The molecule has 0 unspecified atom stereocenters. The van der Waals surface area contributed by atoms with E-state index in [1.165, 1.54) is 0 Å². The molecule has 3 rings (SSSR count). The Morgan fingerprint density at radius 2 is 2.23 bits per heavy atom. The summed E-state index contributed by atoms with van der Waals surface area (Å²) in [5.41, 5.74) is 1.61. The van der Waals surface area contributed by atoms with Crippen LogP contribution in [0, 0.1) is 6.92 Å². The molecular formula is C16H23NO4S. The number of rotatable bonds is 4. The summed E-state index contributed by atoms with van der Waals surface area (Å²) in [6, 6.07) is 7.55. The molecule has 1 N–H and O–H groups in total. The van der Waals surface area contributed by atoms with Gasteiger partial charge in [0.25, 0.3) is 0 Å². The van der Waals surface area contributed by atoms with Crippen LogP contribution < -0.4 is 4.72 Å². The Morgan fingerprint density at radius 1 is 1.36 bits per heavy atom. The van der Waals surface area contributed by atoms with Crippen LogP contribution >= 0.6 is 0 Å². The fourth-order valence-corrected chi connectivity index (χ4v) is 4.72. The van der Waals surface area contributed by atoms with Gasteiger partial charge in [0.15, 0.2) is 0 Å². The number of ether oxygens (including phenoxy) is 2. The molecule has 6 heteroatoms. The predicted molar refractivity (Wildman–Crippen MR) is 84.1 cm³/mol. The van der Waals surface area contributed by atoms with Crippen molar-refractivity contribution in [3.8, 4) is 0 Å². The molecule has 2 fully saturated rings. The second kappa shape index (κ2) is 6.28. The number of hydrogen-bond acceptors (Lipinski definition) is 4. The van der Waals surface area contributed by atoms with E-state index in [-0.39, 0.29) is 17.4 Å². The number of benzene rings is 1. The molecular weight excluding hydrogens is 302 g/mol. The summed E-state index contributed by atoms with van der Waals surface area (Å²) in [6.07, 6.45) is 2.26. The van der Waals surface area contributed by atoms with E-state index in [1.54, 1.807) is 0 Å². The molecule has 0 amide bonds. The van der Waals surface area contributed by atoms with Crippen LogP contribution in [-0.2, 0) is 25.2 Å². The van der Waals surface area contributed by atoms with Crippen molar-refractivity contribution < 1.29 is 17.9 Å². The van der Waals surface area contributed by atoms with Gasteiger partial charge >= 0.3 is 0 Å². The molecule has 0 saturated carbocycles. The fourth-order valence-electron chi connectivity index (χ4n) is 3.31. The average molecular weight is 325 g/mol. The van der Waals surface area contributed by atoms with Crippen molar-refractivity contribution in [3.63, 3.8) is 0 Å². The molecule has 2 aliphatic heterocycles. The molecule has 0 aromatic heterocycles. The highest BCUT2D eigenvalue weighted by atomic mass is 32.2. The van der Waals surface area contributed by atoms with Crippen LogP contribution in [0.5, 0.6) is 0 Å². The summed E-state index contributed by atoms with van der Waals surface area (Å²) in [4.78, 5) is 0. The third-order valence-corrected chi connectivity index (χ3v) is 5.75. The van der Waals surface area contributed by atoms with Gasteiger partial charge in [-0.05, 0) is 25.3 Å². The summed E-state index contributed by atoms with van der Waals surface area (Å²) in [5, 5.41) is 0. The maximum Gasteiger partial charge on any atom is 0.216 e. The van der Waals surface area contributed by atoms with Gasteiger partial charge < -0.3 is 9.47 Å². The fraction of sp³-hybridized carbons (Fsp3) is 0.625. The first-order valence-electron chi connectivity index (χ1n) is 7.74. The van der Waals surface area contributed by atoms with Gasteiger partial charge in [-0.2, -0.15) is 0 Å². The SMILES string of the molecule is Cc1cccc(CS(=O)(=O)N[C@@H]2CCO[C@]3(CCOC3)C2)c1. The number of sulfonamides is 1. The molecule has 1 aromatic rings. The van der Waals surface area contributed by atoms with Crippen LogP contribution in [-0.4, -0.2) is 39.9 Å². The predicted octanol–water partition coefficient (Wildman–Crippen LogP) is 1.75. The van der Waals surface area contributed by atoms with Crippen molar-refractivity contribution in [2.45, 2.75) is 43.6 Å². The average Bonchev–Trinajstić information content (AvgIpc) is 2.85. The van der Waals surface area contributed by atoms with E-state index in [0.29, 0.717) is 26.2 Å². The van der Waals surface area contributed by atoms with Crippen molar-refractivity contribution in [1.82, 2.24) is 4.72 Å². The maximum absolute atomic E-state index is 12.4. The minimum Gasteiger partial charge on any atom is -0.378 e. The van der Waals surface area contributed by atoms with Crippen molar-refractivity contribution in [3.05, 3.63) is 35.4 Å². The van der Waals surface area contributed by atoms with Crippen molar-refractivity contribution in [2.75, 3.05) is 19.8 Å². The number of hydrogen-bond donors (Lipinski definition) is 1. The number of nitrogens with one attached hydrogen (secondary N) is 1. The molecule has 22 heavy (non-hydrogen) atoms. The summed E-state index contributed by atoms with van der Waals surface area (Å²) in [6.45, 7) is 3.82. The van der Waals surface area contributed by atoms with Crippen molar-refractivity contribution >= 4 is 10.0 Å². The lowest BCUT2D eigenvalue weighted by Crippen LogP contribution is -2.49. The molecule has 2 atom stereocenters. The summed E-state index contributed by atoms with van der Waals surface area (Å²) < 4.78 is 38.9.